The Hall–Kier alpha value is -2.21. The molecule has 6 nitrogen and oxygen atoms in total. The van der Waals surface area contributed by atoms with E-state index in [9.17, 15) is 10.1 Å². The number of benzene rings is 1. The van der Waals surface area contributed by atoms with Crippen molar-refractivity contribution >= 4 is 16.6 Å². The molecule has 0 radical (unpaired) electrons. The lowest BCUT2D eigenvalue weighted by Crippen LogP contribution is -2.40. The Morgan fingerprint density at radius 3 is 3.00 bits per heavy atom. The molecule has 1 unspecified atom stereocenters. The molecule has 1 saturated heterocycles. The molecule has 21 heavy (non-hydrogen) atoms. The average molecular weight is 287 g/mol. The van der Waals surface area contributed by atoms with Gasteiger partial charge in [-0.15, -0.1) is 0 Å². The quantitative estimate of drug-likeness (QED) is 0.641. The molecule has 0 spiro atoms. The van der Waals surface area contributed by atoms with Crippen molar-refractivity contribution in [1.82, 2.24) is 9.88 Å². The van der Waals surface area contributed by atoms with Crippen molar-refractivity contribution in [1.29, 1.82) is 0 Å². The molecule has 0 bridgehead atoms. The number of nitro benzene ring substituents is 1. The Morgan fingerprint density at radius 2 is 2.24 bits per heavy atom. The van der Waals surface area contributed by atoms with Gasteiger partial charge in [0.2, 0.25) is 0 Å². The Morgan fingerprint density at radius 1 is 1.38 bits per heavy atom. The lowest BCUT2D eigenvalue weighted by molar-refractivity contribution is -0.383. The number of aromatic nitrogens is 1. The Balaban J connectivity index is 1.99. The van der Waals surface area contributed by atoms with E-state index < -0.39 is 0 Å². The molecule has 1 fully saturated rings. The molecule has 2 heterocycles. The van der Waals surface area contributed by atoms with Crippen LogP contribution in [0.25, 0.3) is 10.9 Å². The fraction of sp³-hybridized carbons (Fsp3) is 0.400. The summed E-state index contributed by atoms with van der Waals surface area (Å²) in [6.45, 7) is 1.00. The van der Waals surface area contributed by atoms with Crippen LogP contribution in [0.5, 0.6) is 5.75 Å². The highest BCUT2D eigenvalue weighted by atomic mass is 16.6. The first-order chi connectivity index (χ1) is 10.2. The molecule has 1 aliphatic heterocycles. The van der Waals surface area contributed by atoms with Gasteiger partial charge in [-0.05, 0) is 44.5 Å². The number of hydrogen-bond acceptors (Lipinski definition) is 5. The summed E-state index contributed by atoms with van der Waals surface area (Å²) in [4.78, 5) is 17.1. The first-order valence-electron chi connectivity index (χ1n) is 7.06. The van der Waals surface area contributed by atoms with Gasteiger partial charge >= 0.3 is 0 Å². The Bertz CT molecular complexity index is 674. The molecular formula is C15H17N3O3. The molecule has 1 aliphatic rings. The molecule has 2 aromatic rings. The fourth-order valence-electron chi connectivity index (χ4n) is 2.73. The zero-order chi connectivity index (χ0) is 14.8. The van der Waals surface area contributed by atoms with Gasteiger partial charge < -0.3 is 4.74 Å². The highest BCUT2D eigenvalue weighted by molar-refractivity contribution is 5.92. The maximum Gasteiger partial charge on any atom is 0.279 e. The normalized spacial score (nSPS) is 19.6. The van der Waals surface area contributed by atoms with Crippen LogP contribution in [0.1, 0.15) is 19.3 Å². The predicted molar refractivity (Wildman–Crippen MR) is 79.3 cm³/mol. The standard InChI is InChI=1S/C15H17N3O3/c1-17-10-3-2-6-14(17)21-13-8-7-12(18(19)20)11-5-4-9-16-15(11)13/h4-5,7-9,14H,2-3,6,10H2,1H3. The second kappa shape index (κ2) is 5.65. The molecule has 0 aliphatic carbocycles. The summed E-state index contributed by atoms with van der Waals surface area (Å²) in [6, 6.07) is 6.54. The van der Waals surface area contributed by atoms with Gasteiger partial charge in [-0.25, -0.2) is 0 Å². The van der Waals surface area contributed by atoms with Gasteiger partial charge in [0.1, 0.15) is 11.3 Å². The van der Waals surface area contributed by atoms with Crippen LogP contribution in [0.3, 0.4) is 0 Å². The molecule has 110 valence electrons. The van der Waals surface area contributed by atoms with E-state index in [0.717, 1.165) is 19.4 Å². The summed E-state index contributed by atoms with van der Waals surface area (Å²) in [5, 5.41) is 11.6. The number of rotatable bonds is 3. The van der Waals surface area contributed by atoms with Gasteiger partial charge in [0, 0.05) is 18.8 Å². The van der Waals surface area contributed by atoms with Crippen LogP contribution in [-0.2, 0) is 0 Å². The molecular weight excluding hydrogens is 270 g/mol. The number of ether oxygens (including phenoxy) is 1. The van der Waals surface area contributed by atoms with Gasteiger partial charge in [0.25, 0.3) is 5.69 Å². The van der Waals surface area contributed by atoms with Crippen LogP contribution in [0, 0.1) is 10.1 Å². The zero-order valence-electron chi connectivity index (χ0n) is 11.9. The third kappa shape index (κ3) is 2.67. The maximum absolute atomic E-state index is 11.1. The summed E-state index contributed by atoms with van der Waals surface area (Å²) in [5.41, 5.74) is 0.605. The topological polar surface area (TPSA) is 68.5 Å². The summed E-state index contributed by atoms with van der Waals surface area (Å²) in [5.74, 6) is 0.606. The van der Waals surface area contributed by atoms with Crippen LogP contribution in [0.2, 0.25) is 0 Å². The van der Waals surface area contributed by atoms with Crippen LogP contribution in [-0.4, -0.2) is 34.6 Å². The number of likely N-dealkylation sites (tertiary alicyclic amines) is 1. The van der Waals surface area contributed by atoms with E-state index >= 15 is 0 Å². The van der Waals surface area contributed by atoms with E-state index in [1.54, 1.807) is 24.4 Å². The zero-order valence-corrected chi connectivity index (χ0v) is 11.9. The minimum atomic E-state index is -0.388. The second-order valence-corrected chi connectivity index (χ2v) is 5.29. The summed E-state index contributed by atoms with van der Waals surface area (Å²) >= 11 is 0. The molecule has 6 heteroatoms. The van der Waals surface area contributed by atoms with Gasteiger partial charge in [0.15, 0.2) is 6.23 Å². The van der Waals surface area contributed by atoms with Crippen LogP contribution >= 0.6 is 0 Å². The molecule has 1 atom stereocenters. The smallest absolute Gasteiger partial charge is 0.279 e. The van der Waals surface area contributed by atoms with Crippen LogP contribution in [0.4, 0.5) is 5.69 Å². The minimum Gasteiger partial charge on any atom is -0.473 e. The molecule has 3 rings (SSSR count). The van der Waals surface area contributed by atoms with E-state index in [1.165, 1.54) is 12.5 Å². The van der Waals surface area contributed by atoms with E-state index in [-0.39, 0.29) is 16.8 Å². The van der Waals surface area contributed by atoms with Crippen molar-refractivity contribution in [3.63, 3.8) is 0 Å². The second-order valence-electron chi connectivity index (χ2n) is 5.29. The van der Waals surface area contributed by atoms with E-state index in [0.29, 0.717) is 16.7 Å². The minimum absolute atomic E-state index is 0.00501. The van der Waals surface area contributed by atoms with Gasteiger partial charge in [-0.3, -0.25) is 20.0 Å². The van der Waals surface area contributed by atoms with Gasteiger partial charge in [-0.1, -0.05) is 0 Å². The average Bonchev–Trinajstić information content (AvgIpc) is 2.49. The number of non-ortho nitro benzene ring substituents is 1. The number of nitrogens with zero attached hydrogens (tertiary/aromatic N) is 3. The molecule has 0 N–H and O–H groups in total. The van der Waals surface area contributed by atoms with Crippen molar-refractivity contribution in [2.45, 2.75) is 25.5 Å². The highest BCUT2D eigenvalue weighted by Crippen LogP contribution is 2.32. The molecule has 1 aromatic heterocycles. The van der Waals surface area contributed by atoms with Gasteiger partial charge in [-0.2, -0.15) is 0 Å². The number of piperidine rings is 1. The number of nitro groups is 1. The van der Waals surface area contributed by atoms with Crippen molar-refractivity contribution in [2.75, 3.05) is 13.6 Å². The summed E-state index contributed by atoms with van der Waals surface area (Å²) in [6.07, 6.45) is 4.90. The fourth-order valence-corrected chi connectivity index (χ4v) is 2.73. The molecule has 0 saturated carbocycles. The van der Waals surface area contributed by atoms with Crippen molar-refractivity contribution in [3.05, 3.63) is 40.6 Å². The number of hydrogen-bond donors (Lipinski definition) is 0. The van der Waals surface area contributed by atoms with Gasteiger partial charge in [0.05, 0.1) is 10.3 Å². The Kier molecular flexibility index (Phi) is 3.70. The first kappa shape index (κ1) is 13.8. The monoisotopic (exact) mass is 287 g/mol. The summed E-state index contributed by atoms with van der Waals surface area (Å²) < 4.78 is 6.06. The first-order valence-corrected chi connectivity index (χ1v) is 7.06. The maximum atomic E-state index is 11.1. The predicted octanol–water partition coefficient (Wildman–Crippen LogP) is 2.96. The van der Waals surface area contributed by atoms with Crippen molar-refractivity contribution < 1.29 is 9.66 Å². The van der Waals surface area contributed by atoms with Crippen LogP contribution < -0.4 is 4.74 Å². The SMILES string of the molecule is CN1CCCCC1Oc1ccc([N+](=O)[O-])c2cccnc12. The largest absolute Gasteiger partial charge is 0.473 e. The number of fused-ring (bicyclic) bond motifs is 1. The third-order valence-corrected chi connectivity index (χ3v) is 3.87. The number of pyridine rings is 1. The highest BCUT2D eigenvalue weighted by Gasteiger charge is 2.23. The molecule has 1 aromatic carbocycles. The van der Waals surface area contributed by atoms with Crippen molar-refractivity contribution in [2.24, 2.45) is 0 Å². The van der Waals surface area contributed by atoms with E-state index in [1.807, 2.05) is 7.05 Å². The van der Waals surface area contributed by atoms with E-state index in [2.05, 4.69) is 9.88 Å². The third-order valence-electron chi connectivity index (χ3n) is 3.87. The van der Waals surface area contributed by atoms with Crippen molar-refractivity contribution in [3.8, 4) is 5.75 Å². The van der Waals surface area contributed by atoms with E-state index in [4.69, 9.17) is 4.74 Å². The van der Waals surface area contributed by atoms with Crippen LogP contribution in [0.15, 0.2) is 30.5 Å². The summed E-state index contributed by atoms with van der Waals surface area (Å²) in [7, 11) is 2.03. The lowest BCUT2D eigenvalue weighted by Gasteiger charge is -2.32. The molecule has 0 amide bonds. The lowest BCUT2D eigenvalue weighted by atomic mass is 10.1. The Labute approximate surface area is 122 Å².